The number of nitrogens with one attached hydrogen (secondary N) is 1. The van der Waals surface area contributed by atoms with Crippen molar-refractivity contribution >= 4 is 29.0 Å². The van der Waals surface area contributed by atoms with Crippen molar-refractivity contribution in [1.82, 2.24) is 5.32 Å². The van der Waals surface area contributed by atoms with E-state index in [1.54, 1.807) is 23.1 Å². The molecule has 2 aromatic rings. The van der Waals surface area contributed by atoms with E-state index in [1.807, 2.05) is 47.3 Å². The zero-order valence-electron chi connectivity index (χ0n) is 12.3. The normalized spacial score (nSPS) is 12.1. The summed E-state index contributed by atoms with van der Waals surface area (Å²) in [5, 5.41) is 15.8. The number of amides is 1. The van der Waals surface area contributed by atoms with Gasteiger partial charge in [-0.2, -0.15) is 11.3 Å². The van der Waals surface area contributed by atoms with Crippen molar-refractivity contribution in [2.45, 2.75) is 11.0 Å². The third kappa shape index (κ3) is 4.58. The van der Waals surface area contributed by atoms with E-state index in [-0.39, 0.29) is 25.2 Å². The molecule has 1 aromatic heterocycles. The quantitative estimate of drug-likeness (QED) is 0.727. The van der Waals surface area contributed by atoms with Crippen LogP contribution in [0.5, 0.6) is 0 Å². The maximum absolute atomic E-state index is 12.3. The standard InChI is InChI=1S/C16H19NO3S2/c1-21-15-5-3-2-4-13(15)16(19)17-10-14(20-8-7-18)12-6-9-22-11-12/h2-6,9,11,14,18H,7-8,10H2,1H3,(H,17,19). The predicted octanol–water partition coefficient (Wildman–Crippen LogP) is 2.95. The second-order valence-electron chi connectivity index (χ2n) is 4.55. The minimum Gasteiger partial charge on any atom is -0.394 e. The van der Waals surface area contributed by atoms with Crippen LogP contribution in [0.3, 0.4) is 0 Å². The molecule has 1 unspecified atom stereocenters. The Bertz CT molecular complexity index is 587. The van der Waals surface area contributed by atoms with Crippen LogP contribution < -0.4 is 5.32 Å². The summed E-state index contributed by atoms with van der Waals surface area (Å²) in [5.41, 5.74) is 1.68. The highest BCUT2D eigenvalue weighted by atomic mass is 32.2. The Hall–Kier alpha value is -1.34. The van der Waals surface area contributed by atoms with Gasteiger partial charge in [0.05, 0.1) is 18.8 Å². The topological polar surface area (TPSA) is 58.6 Å². The first-order valence-corrected chi connectivity index (χ1v) is 9.08. The van der Waals surface area contributed by atoms with Crippen LogP contribution in [0.4, 0.5) is 0 Å². The second-order valence-corrected chi connectivity index (χ2v) is 6.18. The Kier molecular flexibility index (Phi) is 6.92. The van der Waals surface area contributed by atoms with Gasteiger partial charge in [0.1, 0.15) is 6.10 Å². The molecule has 2 N–H and O–H groups in total. The first-order valence-electron chi connectivity index (χ1n) is 6.92. The summed E-state index contributed by atoms with van der Waals surface area (Å²) in [5.74, 6) is -0.113. The average Bonchev–Trinajstić information content (AvgIpc) is 3.09. The molecule has 6 heteroatoms. The van der Waals surface area contributed by atoms with Gasteiger partial charge in [0.25, 0.3) is 5.91 Å². The molecule has 1 atom stereocenters. The second kappa shape index (κ2) is 8.95. The van der Waals surface area contributed by atoms with Gasteiger partial charge in [-0.25, -0.2) is 0 Å². The van der Waals surface area contributed by atoms with Gasteiger partial charge in [-0.15, -0.1) is 11.8 Å². The molecule has 0 aliphatic carbocycles. The molecule has 1 amide bonds. The van der Waals surface area contributed by atoms with Crippen LogP contribution in [-0.4, -0.2) is 37.0 Å². The summed E-state index contributed by atoms with van der Waals surface area (Å²) >= 11 is 3.13. The van der Waals surface area contributed by atoms with Gasteiger partial charge < -0.3 is 15.2 Å². The number of hydrogen-bond donors (Lipinski definition) is 2. The van der Waals surface area contributed by atoms with Gasteiger partial charge in [-0.1, -0.05) is 12.1 Å². The van der Waals surface area contributed by atoms with Crippen molar-refractivity contribution in [3.8, 4) is 0 Å². The lowest BCUT2D eigenvalue weighted by molar-refractivity contribution is 0.0279. The average molecular weight is 337 g/mol. The van der Waals surface area contributed by atoms with Crippen LogP contribution >= 0.6 is 23.1 Å². The molecule has 0 bridgehead atoms. The van der Waals surface area contributed by atoms with Gasteiger partial charge in [-0.3, -0.25) is 4.79 Å². The van der Waals surface area contributed by atoms with Gasteiger partial charge in [0.15, 0.2) is 0 Å². The third-order valence-corrected chi connectivity index (χ3v) is 4.62. The molecular weight excluding hydrogens is 318 g/mol. The number of benzene rings is 1. The zero-order valence-corrected chi connectivity index (χ0v) is 14.0. The van der Waals surface area contributed by atoms with Crippen LogP contribution in [0.25, 0.3) is 0 Å². The van der Waals surface area contributed by atoms with Crippen LogP contribution in [-0.2, 0) is 4.74 Å². The third-order valence-electron chi connectivity index (χ3n) is 3.12. The Labute approximate surface area is 138 Å². The highest BCUT2D eigenvalue weighted by molar-refractivity contribution is 7.98. The maximum Gasteiger partial charge on any atom is 0.252 e. The minimum absolute atomic E-state index is 0.0378. The van der Waals surface area contributed by atoms with Crippen molar-refractivity contribution in [2.75, 3.05) is 26.0 Å². The number of carbonyl (C=O) groups excluding carboxylic acids is 1. The Morgan fingerprint density at radius 2 is 2.23 bits per heavy atom. The SMILES string of the molecule is CSc1ccccc1C(=O)NCC(OCCO)c1ccsc1. The molecule has 0 spiro atoms. The minimum atomic E-state index is -0.246. The number of carbonyl (C=O) groups is 1. The summed E-state index contributed by atoms with van der Waals surface area (Å²) in [4.78, 5) is 13.3. The molecular formula is C16H19NO3S2. The molecule has 0 radical (unpaired) electrons. The number of hydrogen-bond acceptors (Lipinski definition) is 5. The van der Waals surface area contributed by atoms with Crippen molar-refractivity contribution in [2.24, 2.45) is 0 Å². The van der Waals surface area contributed by atoms with Crippen molar-refractivity contribution < 1.29 is 14.6 Å². The molecule has 1 aromatic carbocycles. The first kappa shape index (κ1) is 17.0. The van der Waals surface area contributed by atoms with Crippen molar-refractivity contribution in [3.05, 3.63) is 52.2 Å². The van der Waals surface area contributed by atoms with Gasteiger partial charge in [0, 0.05) is 11.4 Å². The van der Waals surface area contributed by atoms with E-state index in [0.29, 0.717) is 12.1 Å². The summed E-state index contributed by atoms with van der Waals surface area (Å²) in [6, 6.07) is 9.48. The molecule has 2 rings (SSSR count). The van der Waals surface area contributed by atoms with Gasteiger partial charge in [-0.05, 0) is 40.8 Å². The molecule has 4 nitrogen and oxygen atoms in total. The number of aliphatic hydroxyl groups is 1. The number of aliphatic hydroxyl groups excluding tert-OH is 1. The van der Waals surface area contributed by atoms with E-state index < -0.39 is 0 Å². The van der Waals surface area contributed by atoms with E-state index in [0.717, 1.165) is 10.5 Å². The lowest BCUT2D eigenvalue weighted by Gasteiger charge is -2.17. The molecule has 0 saturated heterocycles. The first-order chi connectivity index (χ1) is 10.8. The molecule has 118 valence electrons. The van der Waals surface area contributed by atoms with Gasteiger partial charge in [0.2, 0.25) is 0 Å². The van der Waals surface area contributed by atoms with Gasteiger partial charge >= 0.3 is 0 Å². The Balaban J connectivity index is 2.01. The molecule has 0 fully saturated rings. The molecule has 1 heterocycles. The van der Waals surface area contributed by atoms with E-state index in [9.17, 15) is 4.79 Å². The van der Waals surface area contributed by atoms with Crippen molar-refractivity contribution in [1.29, 1.82) is 0 Å². The Morgan fingerprint density at radius 3 is 2.91 bits per heavy atom. The molecule has 0 saturated carbocycles. The lowest BCUT2D eigenvalue weighted by atomic mass is 10.1. The summed E-state index contributed by atoms with van der Waals surface area (Å²) in [7, 11) is 0. The molecule has 0 aliphatic rings. The van der Waals surface area contributed by atoms with Crippen molar-refractivity contribution in [3.63, 3.8) is 0 Å². The number of rotatable bonds is 8. The van der Waals surface area contributed by atoms with E-state index in [2.05, 4.69) is 5.32 Å². The van der Waals surface area contributed by atoms with Crippen LogP contribution in [0.15, 0.2) is 46.0 Å². The van der Waals surface area contributed by atoms with E-state index in [4.69, 9.17) is 9.84 Å². The summed E-state index contributed by atoms with van der Waals surface area (Å²) in [6.45, 7) is 0.583. The number of thiophene rings is 1. The molecule has 22 heavy (non-hydrogen) atoms. The number of ether oxygens (including phenoxy) is 1. The van der Waals surface area contributed by atoms with E-state index in [1.165, 1.54) is 0 Å². The fraction of sp³-hybridized carbons (Fsp3) is 0.312. The summed E-state index contributed by atoms with van der Waals surface area (Å²) < 4.78 is 5.62. The number of thioether (sulfide) groups is 1. The Morgan fingerprint density at radius 1 is 1.41 bits per heavy atom. The smallest absolute Gasteiger partial charge is 0.252 e. The lowest BCUT2D eigenvalue weighted by Crippen LogP contribution is -2.30. The maximum atomic E-state index is 12.3. The van der Waals surface area contributed by atoms with Crippen LogP contribution in [0.2, 0.25) is 0 Å². The fourth-order valence-electron chi connectivity index (χ4n) is 2.04. The van der Waals surface area contributed by atoms with Crippen LogP contribution in [0, 0.1) is 0 Å². The highest BCUT2D eigenvalue weighted by Gasteiger charge is 2.16. The predicted molar refractivity (Wildman–Crippen MR) is 90.7 cm³/mol. The largest absolute Gasteiger partial charge is 0.394 e. The highest BCUT2D eigenvalue weighted by Crippen LogP contribution is 2.21. The molecule has 0 aliphatic heterocycles. The zero-order chi connectivity index (χ0) is 15.8. The fourth-order valence-corrected chi connectivity index (χ4v) is 3.34. The van der Waals surface area contributed by atoms with E-state index >= 15 is 0 Å². The monoisotopic (exact) mass is 337 g/mol. The summed E-state index contributed by atoms with van der Waals surface area (Å²) in [6.07, 6.45) is 1.70. The van der Waals surface area contributed by atoms with Crippen LogP contribution in [0.1, 0.15) is 22.0 Å².